The van der Waals surface area contributed by atoms with Gasteiger partial charge in [-0.3, -0.25) is 9.59 Å². The molecule has 1 aromatic rings. The Hall–Kier alpha value is -1.62. The van der Waals surface area contributed by atoms with Crippen molar-refractivity contribution >= 4 is 33.4 Å². The second-order valence-electron chi connectivity index (χ2n) is 4.66. The summed E-state index contributed by atoms with van der Waals surface area (Å²) in [5, 5.41) is 5.51. The van der Waals surface area contributed by atoms with Gasteiger partial charge in [-0.25, -0.2) is 0 Å². The van der Waals surface area contributed by atoms with Crippen LogP contribution in [0.5, 0.6) is 0 Å². The van der Waals surface area contributed by atoms with E-state index in [2.05, 4.69) is 33.1 Å². The van der Waals surface area contributed by atoms with E-state index in [1.807, 2.05) is 31.2 Å². The molecule has 0 radical (unpaired) electrons. The minimum absolute atomic E-state index is 0.00744. The molecule has 0 saturated heterocycles. The van der Waals surface area contributed by atoms with Crippen molar-refractivity contribution in [1.29, 1.82) is 0 Å². The molecule has 1 atom stereocenters. The molecule has 0 aliphatic heterocycles. The van der Waals surface area contributed by atoms with Crippen LogP contribution in [0, 0.1) is 5.92 Å². The van der Waals surface area contributed by atoms with Crippen molar-refractivity contribution < 1.29 is 9.59 Å². The maximum atomic E-state index is 11.9. The topological polar surface area (TPSA) is 58.2 Å². The van der Waals surface area contributed by atoms with Crippen LogP contribution in [0.1, 0.15) is 19.8 Å². The molecule has 0 aliphatic rings. The van der Waals surface area contributed by atoms with Gasteiger partial charge >= 0.3 is 0 Å². The predicted molar refractivity (Wildman–Crippen MR) is 84.4 cm³/mol. The van der Waals surface area contributed by atoms with Gasteiger partial charge in [0.25, 0.3) is 0 Å². The molecule has 1 aromatic carbocycles. The highest BCUT2D eigenvalue weighted by Crippen LogP contribution is 2.16. The molecule has 0 fully saturated rings. The second-order valence-corrected chi connectivity index (χ2v) is 5.58. The van der Waals surface area contributed by atoms with E-state index in [9.17, 15) is 9.59 Å². The number of carbonyl (C=O) groups is 2. The van der Waals surface area contributed by atoms with E-state index in [1.54, 1.807) is 6.08 Å². The van der Waals surface area contributed by atoms with Crippen LogP contribution in [0.25, 0.3) is 0 Å². The zero-order chi connectivity index (χ0) is 15.0. The third-order valence-electron chi connectivity index (χ3n) is 2.62. The lowest BCUT2D eigenvalue weighted by Gasteiger charge is -2.11. The predicted octanol–water partition coefficient (Wildman–Crippen LogP) is 3.11. The Morgan fingerprint density at radius 1 is 1.35 bits per heavy atom. The third-order valence-corrected chi connectivity index (χ3v) is 3.11. The maximum absolute atomic E-state index is 11.9. The van der Waals surface area contributed by atoms with Crippen LogP contribution in [0.3, 0.4) is 0 Å². The Labute approximate surface area is 127 Å². The molecule has 20 heavy (non-hydrogen) atoms. The lowest BCUT2D eigenvalue weighted by molar-refractivity contribution is -0.122. The molecule has 0 bridgehead atoms. The highest BCUT2D eigenvalue weighted by molar-refractivity contribution is 9.10. The van der Waals surface area contributed by atoms with Crippen LogP contribution < -0.4 is 10.6 Å². The first-order chi connectivity index (χ1) is 9.51. The van der Waals surface area contributed by atoms with Gasteiger partial charge in [0.2, 0.25) is 11.8 Å². The Morgan fingerprint density at radius 3 is 2.70 bits per heavy atom. The fourth-order valence-electron chi connectivity index (χ4n) is 1.74. The first-order valence-corrected chi connectivity index (χ1v) is 7.23. The van der Waals surface area contributed by atoms with Gasteiger partial charge < -0.3 is 10.6 Å². The monoisotopic (exact) mass is 338 g/mol. The van der Waals surface area contributed by atoms with Gasteiger partial charge in [0.15, 0.2) is 0 Å². The second kappa shape index (κ2) is 8.53. The van der Waals surface area contributed by atoms with E-state index in [-0.39, 0.29) is 17.7 Å². The molecule has 0 aliphatic carbocycles. The highest BCUT2D eigenvalue weighted by Gasteiger charge is 2.13. The van der Waals surface area contributed by atoms with Gasteiger partial charge in [0.1, 0.15) is 0 Å². The van der Waals surface area contributed by atoms with Crippen LogP contribution in [-0.2, 0) is 9.59 Å². The number of amides is 2. The van der Waals surface area contributed by atoms with Crippen molar-refractivity contribution in [3.05, 3.63) is 41.4 Å². The standard InChI is InChI=1S/C15H19BrN2O2/c1-3-7-17-14(19)8-11(2)9-15(20)18-13-6-4-5-12(16)10-13/h3-6,10-11H,1,7-9H2,2H3,(H,17,19)(H,18,20)/t11-/m1/s1. The number of rotatable bonds is 7. The Morgan fingerprint density at radius 2 is 2.05 bits per heavy atom. The van der Waals surface area contributed by atoms with Crippen molar-refractivity contribution in [3.63, 3.8) is 0 Å². The third kappa shape index (κ3) is 6.52. The van der Waals surface area contributed by atoms with E-state index < -0.39 is 0 Å². The van der Waals surface area contributed by atoms with E-state index >= 15 is 0 Å². The number of hydrogen-bond acceptors (Lipinski definition) is 2. The average molecular weight is 339 g/mol. The molecule has 108 valence electrons. The molecule has 0 heterocycles. The van der Waals surface area contributed by atoms with Crippen LogP contribution >= 0.6 is 15.9 Å². The largest absolute Gasteiger partial charge is 0.353 e. The summed E-state index contributed by atoms with van der Waals surface area (Å²) in [6.07, 6.45) is 2.27. The SMILES string of the molecule is C=CCNC(=O)C[C@@H](C)CC(=O)Nc1cccc(Br)c1. The van der Waals surface area contributed by atoms with Gasteiger partial charge in [-0.1, -0.05) is 35.0 Å². The molecule has 0 spiro atoms. The first kappa shape index (κ1) is 16.4. The van der Waals surface area contributed by atoms with E-state index in [0.717, 1.165) is 10.2 Å². The number of carbonyl (C=O) groups excluding carboxylic acids is 2. The number of anilines is 1. The molecule has 4 nitrogen and oxygen atoms in total. The maximum Gasteiger partial charge on any atom is 0.224 e. The fourth-order valence-corrected chi connectivity index (χ4v) is 2.14. The normalized spacial score (nSPS) is 11.5. The van der Waals surface area contributed by atoms with E-state index in [1.165, 1.54) is 0 Å². The summed E-state index contributed by atoms with van der Waals surface area (Å²) in [4.78, 5) is 23.4. The van der Waals surface area contributed by atoms with Gasteiger partial charge in [-0.05, 0) is 24.1 Å². The summed E-state index contributed by atoms with van der Waals surface area (Å²) in [5.41, 5.74) is 0.743. The molecule has 5 heteroatoms. The van der Waals surface area contributed by atoms with Crippen molar-refractivity contribution in [2.45, 2.75) is 19.8 Å². The van der Waals surface area contributed by atoms with E-state index in [0.29, 0.717) is 19.4 Å². The van der Waals surface area contributed by atoms with Gasteiger partial charge in [-0.15, -0.1) is 6.58 Å². The first-order valence-electron chi connectivity index (χ1n) is 6.44. The lowest BCUT2D eigenvalue weighted by Crippen LogP contribution is -2.26. The smallest absolute Gasteiger partial charge is 0.224 e. The van der Waals surface area contributed by atoms with Crippen LogP contribution in [-0.4, -0.2) is 18.4 Å². The minimum Gasteiger partial charge on any atom is -0.353 e. The molecule has 0 aromatic heterocycles. The van der Waals surface area contributed by atoms with Gasteiger partial charge in [0, 0.05) is 29.5 Å². The summed E-state index contributed by atoms with van der Waals surface area (Å²) < 4.78 is 0.909. The van der Waals surface area contributed by atoms with Crippen molar-refractivity contribution in [2.24, 2.45) is 5.92 Å². The highest BCUT2D eigenvalue weighted by atomic mass is 79.9. The molecule has 0 unspecified atom stereocenters. The average Bonchev–Trinajstić information content (AvgIpc) is 2.35. The van der Waals surface area contributed by atoms with Crippen LogP contribution in [0.15, 0.2) is 41.4 Å². The van der Waals surface area contributed by atoms with E-state index in [4.69, 9.17) is 0 Å². The Bertz CT molecular complexity index is 489. The molecular weight excluding hydrogens is 320 g/mol. The minimum atomic E-state index is -0.0906. The summed E-state index contributed by atoms with van der Waals surface area (Å²) in [6.45, 7) is 5.87. The summed E-state index contributed by atoms with van der Waals surface area (Å²) in [5.74, 6) is -0.160. The van der Waals surface area contributed by atoms with Crippen molar-refractivity contribution in [2.75, 3.05) is 11.9 Å². The van der Waals surface area contributed by atoms with Gasteiger partial charge in [0.05, 0.1) is 0 Å². The molecule has 0 saturated carbocycles. The Balaban J connectivity index is 2.38. The molecule has 2 N–H and O–H groups in total. The quantitative estimate of drug-likeness (QED) is 0.750. The molecule has 2 amide bonds. The lowest BCUT2D eigenvalue weighted by atomic mass is 10.0. The van der Waals surface area contributed by atoms with Gasteiger partial charge in [-0.2, -0.15) is 0 Å². The zero-order valence-corrected chi connectivity index (χ0v) is 13.1. The zero-order valence-electron chi connectivity index (χ0n) is 11.5. The molecule has 1 rings (SSSR count). The number of halogens is 1. The fraction of sp³-hybridized carbons (Fsp3) is 0.333. The number of benzene rings is 1. The van der Waals surface area contributed by atoms with Crippen molar-refractivity contribution in [3.8, 4) is 0 Å². The number of nitrogens with one attached hydrogen (secondary N) is 2. The Kier molecular flexibility index (Phi) is 7.01. The van der Waals surface area contributed by atoms with Crippen LogP contribution in [0.4, 0.5) is 5.69 Å². The van der Waals surface area contributed by atoms with Crippen molar-refractivity contribution in [1.82, 2.24) is 5.32 Å². The number of hydrogen-bond donors (Lipinski definition) is 2. The summed E-state index contributed by atoms with van der Waals surface area (Å²) >= 11 is 3.35. The molecular formula is C15H19BrN2O2. The summed E-state index contributed by atoms with van der Waals surface area (Å²) in [7, 11) is 0. The van der Waals surface area contributed by atoms with Crippen LogP contribution in [0.2, 0.25) is 0 Å². The summed E-state index contributed by atoms with van der Waals surface area (Å²) in [6, 6.07) is 7.40.